The van der Waals surface area contributed by atoms with E-state index >= 15 is 0 Å². The monoisotopic (exact) mass is 215 g/mol. The molecular formula is C12H25NO2. The molecule has 1 fully saturated rings. The second-order valence-corrected chi connectivity index (χ2v) is 4.34. The van der Waals surface area contributed by atoms with Crippen molar-refractivity contribution in [2.75, 3.05) is 33.5 Å². The van der Waals surface area contributed by atoms with E-state index in [1.807, 2.05) is 7.05 Å². The van der Waals surface area contributed by atoms with Gasteiger partial charge in [-0.2, -0.15) is 0 Å². The Bertz CT molecular complexity index is 139. The average Bonchev–Trinajstić information content (AvgIpc) is 2.76. The lowest BCUT2D eigenvalue weighted by molar-refractivity contribution is 0.0861. The molecule has 1 saturated heterocycles. The van der Waals surface area contributed by atoms with Gasteiger partial charge in [0.15, 0.2) is 0 Å². The van der Waals surface area contributed by atoms with Crippen LogP contribution in [0.5, 0.6) is 0 Å². The van der Waals surface area contributed by atoms with Crippen LogP contribution in [0.3, 0.4) is 0 Å². The summed E-state index contributed by atoms with van der Waals surface area (Å²) >= 11 is 0. The minimum Gasteiger partial charge on any atom is -0.381 e. The Morgan fingerprint density at radius 1 is 1.53 bits per heavy atom. The molecule has 2 unspecified atom stereocenters. The van der Waals surface area contributed by atoms with Gasteiger partial charge in [0.2, 0.25) is 0 Å². The van der Waals surface area contributed by atoms with Crippen LogP contribution in [-0.2, 0) is 9.47 Å². The quantitative estimate of drug-likeness (QED) is 0.626. The van der Waals surface area contributed by atoms with Crippen molar-refractivity contribution in [3.8, 4) is 0 Å². The zero-order valence-corrected chi connectivity index (χ0v) is 10.1. The summed E-state index contributed by atoms with van der Waals surface area (Å²) in [5, 5.41) is 3.31. The Labute approximate surface area is 93.5 Å². The highest BCUT2D eigenvalue weighted by Gasteiger charge is 2.15. The number of hydrogen-bond donors (Lipinski definition) is 1. The van der Waals surface area contributed by atoms with Gasteiger partial charge in [-0.15, -0.1) is 0 Å². The number of hydrogen-bond acceptors (Lipinski definition) is 3. The van der Waals surface area contributed by atoms with E-state index < -0.39 is 0 Å². The standard InChI is InChI=1S/C12H25NO2/c1-3-12(13-2)5-4-7-14-9-11-6-8-15-10-11/h11-13H,3-10H2,1-2H3. The van der Waals surface area contributed by atoms with Crippen molar-refractivity contribution in [1.29, 1.82) is 0 Å². The molecular weight excluding hydrogens is 190 g/mol. The first-order chi connectivity index (χ1) is 7.36. The first-order valence-corrected chi connectivity index (χ1v) is 6.19. The van der Waals surface area contributed by atoms with Gasteiger partial charge in [0.25, 0.3) is 0 Å². The van der Waals surface area contributed by atoms with E-state index in [1.165, 1.54) is 19.3 Å². The topological polar surface area (TPSA) is 30.5 Å². The van der Waals surface area contributed by atoms with Crippen LogP contribution < -0.4 is 5.32 Å². The molecule has 3 nitrogen and oxygen atoms in total. The average molecular weight is 215 g/mol. The molecule has 15 heavy (non-hydrogen) atoms. The zero-order chi connectivity index (χ0) is 10.9. The summed E-state index contributed by atoms with van der Waals surface area (Å²) in [6.45, 7) is 5.82. The molecule has 2 atom stereocenters. The predicted octanol–water partition coefficient (Wildman–Crippen LogP) is 1.82. The van der Waals surface area contributed by atoms with Gasteiger partial charge in [0, 0.05) is 25.2 Å². The van der Waals surface area contributed by atoms with Crippen LogP contribution in [0.15, 0.2) is 0 Å². The molecule has 0 amide bonds. The molecule has 0 aromatic heterocycles. The minimum atomic E-state index is 0.649. The summed E-state index contributed by atoms with van der Waals surface area (Å²) in [6.07, 6.45) is 4.75. The third kappa shape index (κ3) is 5.50. The molecule has 0 spiro atoms. The van der Waals surface area contributed by atoms with Gasteiger partial charge in [-0.1, -0.05) is 6.92 Å². The minimum absolute atomic E-state index is 0.649. The molecule has 1 aliphatic rings. The Hall–Kier alpha value is -0.120. The van der Waals surface area contributed by atoms with Crippen molar-refractivity contribution >= 4 is 0 Å². The Kier molecular flexibility index (Phi) is 6.98. The molecule has 90 valence electrons. The van der Waals surface area contributed by atoms with E-state index in [2.05, 4.69) is 12.2 Å². The van der Waals surface area contributed by atoms with Gasteiger partial charge in [-0.25, -0.2) is 0 Å². The molecule has 0 radical (unpaired) electrons. The van der Waals surface area contributed by atoms with Crippen LogP contribution in [-0.4, -0.2) is 39.5 Å². The summed E-state index contributed by atoms with van der Waals surface area (Å²) in [5.41, 5.74) is 0. The maximum Gasteiger partial charge on any atom is 0.0517 e. The zero-order valence-electron chi connectivity index (χ0n) is 10.1. The maximum atomic E-state index is 5.65. The molecule has 0 saturated carbocycles. The third-order valence-corrected chi connectivity index (χ3v) is 3.12. The Morgan fingerprint density at radius 3 is 3.00 bits per heavy atom. The highest BCUT2D eigenvalue weighted by molar-refractivity contribution is 4.64. The fourth-order valence-corrected chi connectivity index (χ4v) is 1.95. The van der Waals surface area contributed by atoms with E-state index in [4.69, 9.17) is 9.47 Å². The van der Waals surface area contributed by atoms with E-state index in [0.29, 0.717) is 12.0 Å². The second kappa shape index (κ2) is 8.08. The van der Waals surface area contributed by atoms with Crippen molar-refractivity contribution in [3.05, 3.63) is 0 Å². The first-order valence-electron chi connectivity index (χ1n) is 6.19. The molecule has 1 aliphatic heterocycles. The first kappa shape index (κ1) is 12.9. The van der Waals surface area contributed by atoms with E-state index in [-0.39, 0.29) is 0 Å². The molecule has 1 rings (SSSR count). The largest absolute Gasteiger partial charge is 0.381 e. The lowest BCUT2D eigenvalue weighted by Crippen LogP contribution is -2.24. The Balaban J connectivity index is 1.87. The second-order valence-electron chi connectivity index (χ2n) is 4.34. The van der Waals surface area contributed by atoms with E-state index in [9.17, 15) is 0 Å². The lowest BCUT2D eigenvalue weighted by atomic mass is 10.1. The summed E-state index contributed by atoms with van der Waals surface area (Å²) in [7, 11) is 2.03. The molecule has 0 aliphatic carbocycles. The molecule has 0 aromatic rings. The van der Waals surface area contributed by atoms with Crippen molar-refractivity contribution in [2.24, 2.45) is 5.92 Å². The predicted molar refractivity (Wildman–Crippen MR) is 62.1 cm³/mol. The number of nitrogens with one attached hydrogen (secondary N) is 1. The van der Waals surface area contributed by atoms with Gasteiger partial charge in [-0.3, -0.25) is 0 Å². The SMILES string of the molecule is CCC(CCCOCC1CCOC1)NC. The van der Waals surface area contributed by atoms with Gasteiger partial charge < -0.3 is 14.8 Å². The van der Waals surface area contributed by atoms with Gasteiger partial charge in [-0.05, 0) is 32.7 Å². The van der Waals surface area contributed by atoms with Crippen LogP contribution in [0.1, 0.15) is 32.6 Å². The highest BCUT2D eigenvalue weighted by atomic mass is 16.5. The fraction of sp³-hybridized carbons (Fsp3) is 1.00. The molecule has 0 bridgehead atoms. The molecule has 1 heterocycles. The van der Waals surface area contributed by atoms with Crippen LogP contribution in [0.2, 0.25) is 0 Å². The highest BCUT2D eigenvalue weighted by Crippen LogP contribution is 2.12. The van der Waals surface area contributed by atoms with Gasteiger partial charge >= 0.3 is 0 Å². The number of rotatable bonds is 8. The van der Waals surface area contributed by atoms with Crippen molar-refractivity contribution < 1.29 is 9.47 Å². The van der Waals surface area contributed by atoms with Crippen molar-refractivity contribution in [1.82, 2.24) is 5.32 Å². The molecule has 3 heteroatoms. The van der Waals surface area contributed by atoms with Crippen LogP contribution in [0.25, 0.3) is 0 Å². The summed E-state index contributed by atoms with van der Waals surface area (Å²) < 4.78 is 10.9. The summed E-state index contributed by atoms with van der Waals surface area (Å²) in [5.74, 6) is 0.649. The van der Waals surface area contributed by atoms with E-state index in [0.717, 1.165) is 32.8 Å². The molecule has 0 aromatic carbocycles. The lowest BCUT2D eigenvalue weighted by Gasteiger charge is -2.14. The van der Waals surface area contributed by atoms with Gasteiger partial charge in [0.05, 0.1) is 13.2 Å². The van der Waals surface area contributed by atoms with Crippen molar-refractivity contribution in [2.45, 2.75) is 38.6 Å². The smallest absolute Gasteiger partial charge is 0.0517 e. The summed E-state index contributed by atoms with van der Waals surface area (Å²) in [6, 6.07) is 0.656. The summed E-state index contributed by atoms with van der Waals surface area (Å²) in [4.78, 5) is 0. The van der Waals surface area contributed by atoms with Crippen LogP contribution >= 0.6 is 0 Å². The molecule has 1 N–H and O–H groups in total. The van der Waals surface area contributed by atoms with Crippen LogP contribution in [0, 0.1) is 5.92 Å². The fourth-order valence-electron chi connectivity index (χ4n) is 1.95. The van der Waals surface area contributed by atoms with E-state index in [1.54, 1.807) is 0 Å². The van der Waals surface area contributed by atoms with Crippen LogP contribution in [0.4, 0.5) is 0 Å². The number of ether oxygens (including phenoxy) is 2. The van der Waals surface area contributed by atoms with Gasteiger partial charge in [0.1, 0.15) is 0 Å². The van der Waals surface area contributed by atoms with Crippen molar-refractivity contribution in [3.63, 3.8) is 0 Å². The normalized spacial score (nSPS) is 23.2. The third-order valence-electron chi connectivity index (χ3n) is 3.12. The Morgan fingerprint density at radius 2 is 2.40 bits per heavy atom. The maximum absolute atomic E-state index is 5.65.